The summed E-state index contributed by atoms with van der Waals surface area (Å²) in [7, 11) is 1.79. The number of hydrogen-bond donors (Lipinski definition) is 1. The molecule has 2 heterocycles. The number of piperazine rings is 1. The minimum atomic E-state index is -0.228. The average molecular weight is 461 g/mol. The molecule has 0 bridgehead atoms. The lowest BCUT2D eigenvalue weighted by molar-refractivity contribution is 0.0915. The minimum absolute atomic E-state index is 0. The van der Waals surface area contributed by atoms with E-state index in [0.717, 1.165) is 32.0 Å². The van der Waals surface area contributed by atoms with E-state index in [1.807, 2.05) is 19.3 Å². The number of nitrogens with zero attached hydrogens (tertiary/aromatic N) is 4. The number of aryl methyl sites for hydroxylation is 1. The van der Waals surface area contributed by atoms with Gasteiger partial charge in [0.2, 0.25) is 0 Å². The van der Waals surface area contributed by atoms with Gasteiger partial charge in [0.05, 0.1) is 6.61 Å². The Morgan fingerprint density at radius 2 is 2.00 bits per heavy atom. The minimum Gasteiger partial charge on any atom is -0.450 e. The summed E-state index contributed by atoms with van der Waals surface area (Å²) in [5.74, 6) is 0.880. The van der Waals surface area contributed by atoms with E-state index in [-0.39, 0.29) is 30.1 Å². The molecule has 0 radical (unpaired) electrons. The summed E-state index contributed by atoms with van der Waals surface area (Å²) >= 11 is 0. The standard InChI is InChI=1S/C17H27N5O2.HI/c1-4-24-17(23)22-11-9-21(10-12-22)16(18-3)20-8-6-15-5-7-19-13-14(15)2;/h5,7,13H,4,6,8-12H2,1-3H3,(H,18,20);1H. The van der Waals surface area contributed by atoms with E-state index in [4.69, 9.17) is 4.74 Å². The van der Waals surface area contributed by atoms with Crippen molar-refractivity contribution in [2.45, 2.75) is 20.3 Å². The Balaban J connectivity index is 0.00000312. The monoisotopic (exact) mass is 461 g/mol. The fraction of sp³-hybridized carbons (Fsp3) is 0.588. The molecule has 0 aromatic carbocycles. The zero-order valence-corrected chi connectivity index (χ0v) is 17.5. The fourth-order valence-corrected chi connectivity index (χ4v) is 2.74. The molecule has 1 aliphatic rings. The molecule has 1 saturated heterocycles. The molecule has 1 N–H and O–H groups in total. The van der Waals surface area contributed by atoms with Gasteiger partial charge in [0.15, 0.2) is 5.96 Å². The number of rotatable bonds is 4. The van der Waals surface area contributed by atoms with Crippen molar-refractivity contribution in [2.75, 3.05) is 46.4 Å². The molecule has 0 atom stereocenters. The van der Waals surface area contributed by atoms with Crippen LogP contribution in [0.3, 0.4) is 0 Å². The molecule has 0 aliphatic carbocycles. The maximum atomic E-state index is 11.7. The highest BCUT2D eigenvalue weighted by Crippen LogP contribution is 2.06. The third-order valence-corrected chi connectivity index (χ3v) is 4.13. The summed E-state index contributed by atoms with van der Waals surface area (Å²) in [6, 6.07) is 2.05. The van der Waals surface area contributed by atoms with Crippen LogP contribution in [0.15, 0.2) is 23.5 Å². The van der Waals surface area contributed by atoms with Crippen molar-refractivity contribution in [2.24, 2.45) is 4.99 Å². The maximum absolute atomic E-state index is 11.7. The second kappa shape index (κ2) is 11.1. The first-order valence-electron chi connectivity index (χ1n) is 8.42. The summed E-state index contributed by atoms with van der Waals surface area (Å²) in [6.07, 6.45) is 4.41. The van der Waals surface area contributed by atoms with E-state index >= 15 is 0 Å². The van der Waals surface area contributed by atoms with Crippen LogP contribution in [0.4, 0.5) is 4.79 Å². The lowest BCUT2D eigenvalue weighted by atomic mass is 10.1. The number of aliphatic imine (C=N–C) groups is 1. The molecule has 25 heavy (non-hydrogen) atoms. The van der Waals surface area contributed by atoms with Gasteiger partial charge in [0, 0.05) is 52.2 Å². The topological polar surface area (TPSA) is 70.1 Å². The number of carbonyl (C=O) groups is 1. The maximum Gasteiger partial charge on any atom is 0.409 e. The van der Waals surface area contributed by atoms with Gasteiger partial charge in [-0.1, -0.05) is 0 Å². The molecule has 140 valence electrons. The predicted octanol–water partition coefficient (Wildman–Crippen LogP) is 1.90. The third kappa shape index (κ3) is 6.33. The number of aromatic nitrogens is 1. The molecule has 0 unspecified atom stereocenters. The zero-order chi connectivity index (χ0) is 17.4. The first-order chi connectivity index (χ1) is 11.7. The largest absolute Gasteiger partial charge is 0.450 e. The lowest BCUT2D eigenvalue weighted by Gasteiger charge is -2.35. The van der Waals surface area contributed by atoms with E-state index in [1.54, 1.807) is 11.9 Å². The second-order valence-corrected chi connectivity index (χ2v) is 5.70. The number of ether oxygens (including phenoxy) is 1. The van der Waals surface area contributed by atoms with Gasteiger partial charge in [-0.2, -0.15) is 0 Å². The van der Waals surface area contributed by atoms with Crippen LogP contribution in [0.25, 0.3) is 0 Å². The first-order valence-corrected chi connectivity index (χ1v) is 8.42. The Bertz CT molecular complexity index is 574. The van der Waals surface area contributed by atoms with E-state index in [0.29, 0.717) is 19.7 Å². The number of pyridine rings is 1. The number of amides is 1. The van der Waals surface area contributed by atoms with Crippen LogP contribution in [0.5, 0.6) is 0 Å². The molecule has 1 fully saturated rings. The summed E-state index contributed by atoms with van der Waals surface area (Å²) in [6.45, 7) is 7.95. The number of carbonyl (C=O) groups excluding carboxylic acids is 1. The molecule has 0 spiro atoms. The van der Waals surface area contributed by atoms with Gasteiger partial charge < -0.3 is 19.9 Å². The van der Waals surface area contributed by atoms with Crippen molar-refractivity contribution in [3.63, 3.8) is 0 Å². The lowest BCUT2D eigenvalue weighted by Crippen LogP contribution is -2.54. The molecular formula is C17H28IN5O2. The van der Waals surface area contributed by atoms with E-state index in [9.17, 15) is 4.79 Å². The van der Waals surface area contributed by atoms with E-state index in [1.165, 1.54) is 11.1 Å². The summed E-state index contributed by atoms with van der Waals surface area (Å²) < 4.78 is 5.05. The highest BCUT2D eigenvalue weighted by atomic mass is 127. The Morgan fingerprint density at radius 3 is 2.60 bits per heavy atom. The van der Waals surface area contributed by atoms with Gasteiger partial charge >= 0.3 is 6.09 Å². The number of guanidine groups is 1. The number of hydrogen-bond acceptors (Lipinski definition) is 4. The summed E-state index contributed by atoms with van der Waals surface area (Å²) in [4.78, 5) is 24.1. The third-order valence-electron chi connectivity index (χ3n) is 4.13. The van der Waals surface area contributed by atoms with Crippen molar-refractivity contribution < 1.29 is 9.53 Å². The van der Waals surface area contributed by atoms with Crippen LogP contribution in [0.2, 0.25) is 0 Å². The smallest absolute Gasteiger partial charge is 0.409 e. The molecule has 1 amide bonds. The molecule has 1 aliphatic heterocycles. The molecule has 1 aromatic heterocycles. The Kier molecular flexibility index (Phi) is 9.54. The van der Waals surface area contributed by atoms with Crippen LogP contribution in [0, 0.1) is 6.92 Å². The van der Waals surface area contributed by atoms with Gasteiger partial charge in [0.25, 0.3) is 0 Å². The van der Waals surface area contributed by atoms with Crippen LogP contribution < -0.4 is 5.32 Å². The van der Waals surface area contributed by atoms with Gasteiger partial charge in [-0.25, -0.2) is 4.79 Å². The molecule has 8 heteroatoms. The Morgan fingerprint density at radius 1 is 1.32 bits per heavy atom. The summed E-state index contributed by atoms with van der Waals surface area (Å²) in [5, 5.41) is 3.40. The average Bonchev–Trinajstić information content (AvgIpc) is 2.61. The van der Waals surface area contributed by atoms with Crippen molar-refractivity contribution in [1.29, 1.82) is 0 Å². The Hall–Kier alpha value is -1.58. The summed E-state index contributed by atoms with van der Waals surface area (Å²) in [5.41, 5.74) is 2.50. The highest BCUT2D eigenvalue weighted by molar-refractivity contribution is 14.0. The van der Waals surface area contributed by atoms with Gasteiger partial charge in [-0.3, -0.25) is 9.98 Å². The molecule has 2 rings (SSSR count). The van der Waals surface area contributed by atoms with Crippen molar-refractivity contribution >= 4 is 36.0 Å². The van der Waals surface area contributed by atoms with Crippen molar-refractivity contribution in [3.05, 3.63) is 29.6 Å². The van der Waals surface area contributed by atoms with Crippen molar-refractivity contribution in [1.82, 2.24) is 20.1 Å². The van der Waals surface area contributed by atoms with Crippen LogP contribution in [-0.2, 0) is 11.2 Å². The quantitative estimate of drug-likeness (QED) is 0.422. The number of halogens is 1. The molecule has 7 nitrogen and oxygen atoms in total. The van der Waals surface area contributed by atoms with Crippen molar-refractivity contribution in [3.8, 4) is 0 Å². The molecule has 1 aromatic rings. The van der Waals surface area contributed by atoms with Crippen LogP contribution in [0.1, 0.15) is 18.1 Å². The van der Waals surface area contributed by atoms with Gasteiger partial charge in [0.1, 0.15) is 0 Å². The zero-order valence-electron chi connectivity index (χ0n) is 15.2. The van der Waals surface area contributed by atoms with Gasteiger partial charge in [-0.15, -0.1) is 24.0 Å². The highest BCUT2D eigenvalue weighted by Gasteiger charge is 2.23. The first kappa shape index (κ1) is 21.5. The predicted molar refractivity (Wildman–Crippen MR) is 110 cm³/mol. The van der Waals surface area contributed by atoms with E-state index in [2.05, 4.69) is 33.2 Å². The normalized spacial score (nSPS) is 14.8. The van der Waals surface area contributed by atoms with E-state index < -0.39 is 0 Å². The fourth-order valence-electron chi connectivity index (χ4n) is 2.74. The Labute approximate surface area is 166 Å². The van der Waals surface area contributed by atoms with Gasteiger partial charge in [-0.05, 0) is 37.5 Å². The number of nitrogens with one attached hydrogen (secondary N) is 1. The molecule has 0 saturated carbocycles. The molecular weight excluding hydrogens is 433 g/mol. The SMILES string of the molecule is CCOC(=O)N1CCN(C(=NC)NCCc2ccncc2C)CC1.I. The van der Waals surface area contributed by atoms with Crippen LogP contribution in [-0.4, -0.2) is 73.2 Å². The van der Waals surface area contributed by atoms with Crippen LogP contribution >= 0.6 is 24.0 Å². The second-order valence-electron chi connectivity index (χ2n) is 5.70.